The number of fused-ring (bicyclic) bond motifs is 1. The lowest BCUT2D eigenvalue weighted by molar-refractivity contribution is -0.0421. The first-order valence-electron chi connectivity index (χ1n) is 8.81. The molecular weight excluding hydrogens is 529 g/mol. The minimum atomic E-state index is -5.72. The highest BCUT2D eigenvalue weighted by atomic mass is 31.3. The predicted molar refractivity (Wildman–Crippen MR) is 109 cm³/mol. The van der Waals surface area contributed by atoms with Crippen LogP contribution in [0.4, 0.5) is 5.95 Å². The number of aliphatic hydroxyl groups is 1. The number of hydrogen-bond acceptors (Lipinski definition) is 12. The van der Waals surface area contributed by atoms with Gasteiger partial charge in [-0.2, -0.15) is 4.98 Å². The first-order valence-corrected chi connectivity index (χ1v) is 13.6. The summed E-state index contributed by atoms with van der Waals surface area (Å²) in [6, 6.07) is 0. The number of hydrogen-bond donors (Lipinski definition) is 7. The van der Waals surface area contributed by atoms with Gasteiger partial charge in [-0.3, -0.25) is 28.0 Å². The summed E-state index contributed by atoms with van der Waals surface area (Å²) < 4.78 is 50.6. The summed E-state index contributed by atoms with van der Waals surface area (Å²) in [5, 5.41) is 12.7. The molecule has 0 aliphatic carbocycles. The van der Waals surface area contributed by atoms with Crippen LogP contribution in [0.2, 0.25) is 0 Å². The van der Waals surface area contributed by atoms with E-state index in [4.69, 9.17) is 25.8 Å². The number of nitrogens with zero attached hydrogens (tertiary/aromatic N) is 6. The summed E-state index contributed by atoms with van der Waals surface area (Å²) in [5.74, 6) is -0.209. The number of nitrogen functional groups attached to an aromatic ring is 1. The third kappa shape index (κ3) is 5.72. The van der Waals surface area contributed by atoms with Crippen LogP contribution in [0.5, 0.6) is 0 Å². The number of aromatic nitrogens is 4. The van der Waals surface area contributed by atoms with E-state index in [9.17, 15) is 33.4 Å². The maximum absolute atomic E-state index is 12.1. The van der Waals surface area contributed by atoms with Crippen LogP contribution in [0.25, 0.3) is 21.6 Å². The molecule has 8 N–H and O–H groups in total. The van der Waals surface area contributed by atoms with Gasteiger partial charge in [0.05, 0.1) is 19.0 Å². The Balaban J connectivity index is 1.71. The number of azide groups is 1. The SMILES string of the molecule is [N-]=[N+]=NC(P(=O)(O)O)P(=O)(O)OP(=O)(O)OC[C@H]1O[C@@H](n2cnc3c(=O)[nH]c(N)nc32)C[C@@H]1O. The van der Waals surface area contributed by atoms with Gasteiger partial charge >= 0.3 is 23.0 Å². The molecular formula is C11H17N8O12P3. The average molecular weight is 546 g/mol. The van der Waals surface area contributed by atoms with Gasteiger partial charge in [-0.05, 0) is 5.53 Å². The summed E-state index contributed by atoms with van der Waals surface area (Å²) in [5.41, 5.74) is 10.2. The highest BCUT2D eigenvalue weighted by molar-refractivity contribution is 7.74. The molecule has 0 spiro atoms. The maximum atomic E-state index is 12.1. The minimum absolute atomic E-state index is 0.0268. The third-order valence-electron chi connectivity index (χ3n) is 4.33. The lowest BCUT2D eigenvalue weighted by atomic mass is 10.2. The molecule has 2 aromatic heterocycles. The molecule has 3 unspecified atom stereocenters. The Hall–Kier alpha value is -2.17. The lowest BCUT2D eigenvalue weighted by Gasteiger charge is -2.22. The molecule has 0 radical (unpaired) electrons. The van der Waals surface area contributed by atoms with Crippen LogP contribution in [-0.4, -0.2) is 68.5 Å². The molecule has 1 aliphatic heterocycles. The van der Waals surface area contributed by atoms with Crippen molar-refractivity contribution in [3.63, 3.8) is 0 Å². The molecule has 0 amide bonds. The van der Waals surface area contributed by atoms with Gasteiger partial charge in [0.2, 0.25) is 11.5 Å². The summed E-state index contributed by atoms with van der Waals surface area (Å²) in [6.07, 6.45) is -2.53. The van der Waals surface area contributed by atoms with E-state index in [1.54, 1.807) is 0 Å². The van der Waals surface area contributed by atoms with Gasteiger partial charge in [0.15, 0.2) is 11.2 Å². The van der Waals surface area contributed by atoms with E-state index < -0.39 is 59.1 Å². The quantitative estimate of drug-likeness (QED) is 0.0897. The Morgan fingerprint density at radius 2 is 2.06 bits per heavy atom. The highest BCUT2D eigenvalue weighted by Gasteiger charge is 2.50. The summed E-state index contributed by atoms with van der Waals surface area (Å²) in [7, 11) is -16.8. The summed E-state index contributed by atoms with van der Waals surface area (Å²) in [4.78, 5) is 61.4. The van der Waals surface area contributed by atoms with Crippen LogP contribution in [0.15, 0.2) is 16.2 Å². The molecule has 0 saturated carbocycles. The lowest BCUT2D eigenvalue weighted by Crippen LogP contribution is -2.26. The van der Waals surface area contributed by atoms with Gasteiger partial charge in [-0.25, -0.2) is 13.9 Å². The van der Waals surface area contributed by atoms with Crippen LogP contribution < -0.4 is 11.3 Å². The molecule has 2 aromatic rings. The van der Waals surface area contributed by atoms with Gasteiger partial charge < -0.3 is 35.2 Å². The zero-order valence-corrected chi connectivity index (χ0v) is 19.2. The summed E-state index contributed by atoms with van der Waals surface area (Å²) >= 11 is 0. The van der Waals surface area contributed by atoms with Gasteiger partial charge in [0.25, 0.3) is 5.56 Å². The van der Waals surface area contributed by atoms with Crippen molar-refractivity contribution < 1.29 is 51.9 Å². The smallest absolute Gasteiger partial charge is 0.390 e. The molecule has 188 valence electrons. The van der Waals surface area contributed by atoms with E-state index >= 15 is 0 Å². The number of phosphoric acid groups is 1. The number of aromatic amines is 1. The number of imidazole rings is 1. The Morgan fingerprint density at radius 3 is 2.68 bits per heavy atom. The molecule has 3 heterocycles. The predicted octanol–water partition coefficient (Wildman–Crippen LogP) is -0.559. The van der Waals surface area contributed by atoms with E-state index in [2.05, 4.69) is 28.9 Å². The third-order valence-corrected chi connectivity index (χ3v) is 9.74. The van der Waals surface area contributed by atoms with Crippen molar-refractivity contribution >= 4 is 40.1 Å². The summed E-state index contributed by atoms with van der Waals surface area (Å²) in [6.45, 7) is -0.893. The number of rotatable bonds is 9. The molecule has 0 aromatic carbocycles. The number of nitrogens with one attached hydrogen (secondary N) is 1. The Kier molecular flexibility index (Phi) is 7.36. The largest absolute Gasteiger partial charge is 0.479 e. The van der Waals surface area contributed by atoms with Gasteiger partial charge in [0, 0.05) is 11.3 Å². The highest BCUT2D eigenvalue weighted by Crippen LogP contribution is 2.70. The fourth-order valence-corrected chi connectivity index (χ4v) is 7.24. The second-order valence-corrected chi connectivity index (χ2v) is 12.3. The van der Waals surface area contributed by atoms with Gasteiger partial charge in [0.1, 0.15) is 12.3 Å². The monoisotopic (exact) mass is 546 g/mol. The molecule has 6 atom stereocenters. The van der Waals surface area contributed by atoms with Crippen molar-refractivity contribution in [1.82, 2.24) is 19.5 Å². The second kappa shape index (κ2) is 9.47. The average Bonchev–Trinajstić information content (AvgIpc) is 3.26. The topological polar surface area (TPSA) is 318 Å². The molecule has 3 rings (SSSR count). The maximum Gasteiger partial charge on any atom is 0.479 e. The standard InChI is InChI=1S/C11H17N8O12P3/c12-10-15-8-7(9(21)16-10)14-3-19(8)6-1-4(20)5(30-6)2-29-34(27,28)31-33(25,26)11(17-18-13)32(22,23)24/h3-6,11,20H,1-2H2,(H,25,26)(H,27,28)(H2,22,23,24)(H3,12,15,16,21)/t4-,5+,6+,11?/m0/s1. The zero-order valence-electron chi connectivity index (χ0n) is 16.5. The van der Waals surface area contributed by atoms with Gasteiger partial charge in [-0.15, -0.1) is 0 Å². The Bertz CT molecular complexity index is 1330. The molecule has 1 fully saturated rings. The number of ether oxygens (including phenoxy) is 1. The van der Waals surface area contributed by atoms with Crippen molar-refractivity contribution in [2.24, 2.45) is 5.11 Å². The minimum Gasteiger partial charge on any atom is -0.390 e. The van der Waals surface area contributed by atoms with E-state index in [0.717, 1.165) is 0 Å². The van der Waals surface area contributed by atoms with Crippen LogP contribution in [-0.2, 0) is 27.3 Å². The van der Waals surface area contributed by atoms with Crippen LogP contribution >= 0.6 is 23.0 Å². The van der Waals surface area contributed by atoms with Crippen molar-refractivity contribution in [1.29, 1.82) is 0 Å². The van der Waals surface area contributed by atoms with Crippen molar-refractivity contribution in [2.75, 3.05) is 12.3 Å². The Morgan fingerprint density at radius 1 is 1.38 bits per heavy atom. The first-order chi connectivity index (χ1) is 15.6. The number of anilines is 1. The van der Waals surface area contributed by atoms with Crippen molar-refractivity contribution in [3.05, 3.63) is 27.1 Å². The first kappa shape index (κ1) is 26.4. The molecule has 34 heavy (non-hydrogen) atoms. The van der Waals surface area contributed by atoms with E-state index in [1.807, 2.05) is 4.91 Å². The molecule has 1 aliphatic rings. The number of aliphatic hydroxyl groups excluding tert-OH is 1. The number of H-pyrrole nitrogens is 1. The Labute approximate surface area is 187 Å². The fraction of sp³-hybridized carbons (Fsp3) is 0.545. The number of phosphoric ester groups is 1. The van der Waals surface area contributed by atoms with E-state index in [-0.39, 0.29) is 23.5 Å². The van der Waals surface area contributed by atoms with Crippen LogP contribution in [0.1, 0.15) is 12.6 Å². The second-order valence-electron chi connectivity index (χ2n) is 6.76. The molecule has 1 saturated heterocycles. The van der Waals surface area contributed by atoms with Gasteiger partial charge in [-0.1, -0.05) is 5.11 Å². The molecule has 20 nitrogen and oxygen atoms in total. The van der Waals surface area contributed by atoms with Crippen LogP contribution in [0, 0.1) is 0 Å². The molecule has 23 heteroatoms. The zero-order chi connectivity index (χ0) is 25.5. The fourth-order valence-electron chi connectivity index (χ4n) is 2.94. The van der Waals surface area contributed by atoms with E-state index in [0.29, 0.717) is 0 Å². The van der Waals surface area contributed by atoms with Crippen molar-refractivity contribution in [2.45, 2.75) is 30.4 Å². The number of nitrogens with two attached hydrogens (primary N) is 1. The normalized spacial score (nSPS) is 25.4. The van der Waals surface area contributed by atoms with E-state index in [1.165, 1.54) is 10.9 Å². The van der Waals surface area contributed by atoms with Crippen molar-refractivity contribution in [3.8, 4) is 0 Å². The van der Waals surface area contributed by atoms with Crippen LogP contribution in [0.3, 0.4) is 0 Å². The molecule has 0 bridgehead atoms.